The van der Waals surface area contributed by atoms with Crippen LogP contribution >= 0.6 is 7.82 Å². The normalized spacial score (nSPS) is 14.5. The van der Waals surface area contributed by atoms with E-state index >= 15 is 0 Å². The summed E-state index contributed by atoms with van der Waals surface area (Å²) in [5.41, 5.74) is 0. The molecule has 0 radical (unpaired) electrons. The Hall–Kier alpha value is -3.59. The summed E-state index contributed by atoms with van der Waals surface area (Å²) in [5.74, 6) is -0.572. The highest BCUT2D eigenvalue weighted by Gasteiger charge is 2.30. The maximum atomic E-state index is 13.5. The molecule has 0 saturated carbocycles. The summed E-state index contributed by atoms with van der Waals surface area (Å²) in [6.07, 6.45) is 77.7. The van der Waals surface area contributed by atoms with E-state index in [1.807, 2.05) is 33.3 Å². The van der Waals surface area contributed by atoms with Gasteiger partial charge in [-0.05, 0) is 122 Å². The summed E-state index contributed by atoms with van der Waals surface area (Å²) in [5, 5.41) is 3.03. The maximum Gasteiger partial charge on any atom is 0.472 e. The number of allylic oxidation sites excluding steroid dienone is 19. The van der Waals surface area contributed by atoms with Crippen molar-refractivity contribution >= 4 is 19.7 Å². The van der Waals surface area contributed by atoms with Crippen molar-refractivity contribution in [1.82, 2.24) is 5.32 Å². The molecule has 0 aromatic carbocycles. The number of carbonyl (C=O) groups is 2. The molecule has 0 aromatic heterocycles. The summed E-state index contributed by atoms with van der Waals surface area (Å²) in [7, 11) is 1.44. The second-order valence-electron chi connectivity index (χ2n) is 21.5. The number of unbranched alkanes of at least 4 members (excludes halogenated alkanes) is 20. The molecule has 0 rings (SSSR count). The molecular formula is C67H116N2O7P+. The van der Waals surface area contributed by atoms with Crippen LogP contribution in [0.25, 0.3) is 0 Å². The number of hydrogen-bond acceptors (Lipinski definition) is 6. The Morgan fingerprint density at radius 3 is 1.29 bits per heavy atom. The standard InChI is InChI=1S/C67H115N2O7P/c1-7-10-13-16-19-22-25-27-29-31-33-34-36-38-40-42-45-48-51-54-57-60-67(71)76-65(58-55-52-49-46-43-24-21-18-15-12-9-3)64(63-75-77(72,73)74-62-61-69(4,5)6)68-66(70)59-56-53-50-47-44-41-39-37-35-32-30-28-26-23-20-17-14-11-8-2/h10,13,19-20,22-23,27-30,33-35,37-38,40-41,44,55,58,64-65H,7-9,11-12,14-18,21,24-26,31-32,36,39,42-43,45-54,56-57,59-63H2,1-6H3,(H-,68,70,72,73)/p+1/b13-10-,22-19-,23-20-,29-27-,30-28-,34-33-,37-35-,40-38-,44-41-,58-55+. The predicted molar refractivity (Wildman–Crippen MR) is 332 cm³/mol. The van der Waals surface area contributed by atoms with Gasteiger partial charge < -0.3 is 19.4 Å². The number of phosphoric ester groups is 1. The van der Waals surface area contributed by atoms with Crippen LogP contribution in [0, 0.1) is 0 Å². The molecule has 3 unspecified atom stereocenters. The molecule has 0 saturated heterocycles. The fourth-order valence-electron chi connectivity index (χ4n) is 8.12. The monoisotopic (exact) mass is 1090 g/mol. The first-order valence-corrected chi connectivity index (χ1v) is 32.4. The molecule has 10 heteroatoms. The van der Waals surface area contributed by atoms with Crippen molar-refractivity contribution in [3.63, 3.8) is 0 Å². The van der Waals surface area contributed by atoms with E-state index in [0.29, 0.717) is 23.9 Å². The lowest BCUT2D eigenvalue weighted by Gasteiger charge is -2.27. The molecule has 0 fully saturated rings. The molecule has 77 heavy (non-hydrogen) atoms. The molecule has 0 aliphatic heterocycles. The summed E-state index contributed by atoms with van der Waals surface area (Å²) < 4.78 is 30.6. The van der Waals surface area contributed by atoms with Gasteiger partial charge >= 0.3 is 13.8 Å². The molecule has 2 N–H and O–H groups in total. The van der Waals surface area contributed by atoms with Gasteiger partial charge in [0, 0.05) is 12.8 Å². The molecule has 1 amide bonds. The lowest BCUT2D eigenvalue weighted by molar-refractivity contribution is -0.870. The Balaban J connectivity index is 5.34. The van der Waals surface area contributed by atoms with Crippen molar-refractivity contribution in [1.29, 1.82) is 0 Å². The van der Waals surface area contributed by atoms with Crippen LogP contribution in [-0.4, -0.2) is 74.3 Å². The SMILES string of the molecule is CC/C=C\C/C=C\C/C=C\C/C=C\C/C=C\CCCCCCCC(=O)OC(/C=C/CCCCCCCCCCC)C(COP(=O)(O)OCC[N+](C)(C)C)NC(=O)CCCCC/C=C\C/C=C\C/C=C\C/C=C\CCCCC. The first kappa shape index (κ1) is 73.4. The van der Waals surface area contributed by atoms with E-state index in [9.17, 15) is 19.0 Å². The molecule has 440 valence electrons. The number of carbonyl (C=O) groups excluding carboxylic acids is 2. The molecule has 0 heterocycles. The zero-order valence-corrected chi connectivity index (χ0v) is 51.1. The summed E-state index contributed by atoms with van der Waals surface area (Å²) in [6, 6.07) is -0.882. The van der Waals surface area contributed by atoms with Gasteiger partial charge in [0.2, 0.25) is 5.91 Å². The fraction of sp³-hybridized carbons (Fsp3) is 0.672. The van der Waals surface area contributed by atoms with E-state index < -0.39 is 20.0 Å². The minimum atomic E-state index is -4.47. The van der Waals surface area contributed by atoms with Crippen molar-refractivity contribution in [3.8, 4) is 0 Å². The van der Waals surface area contributed by atoms with Crippen LogP contribution in [0.15, 0.2) is 122 Å². The number of amides is 1. The second-order valence-corrected chi connectivity index (χ2v) is 22.9. The lowest BCUT2D eigenvalue weighted by atomic mass is 10.1. The number of likely N-dealkylation sites (N-methyl/N-ethyl adjacent to an activating group) is 1. The highest BCUT2D eigenvalue weighted by atomic mass is 31.2. The van der Waals surface area contributed by atoms with E-state index in [0.717, 1.165) is 122 Å². The van der Waals surface area contributed by atoms with Crippen LogP contribution in [0.5, 0.6) is 0 Å². The largest absolute Gasteiger partial charge is 0.472 e. The Bertz CT molecular complexity index is 1730. The molecule has 0 aromatic rings. The Morgan fingerprint density at radius 2 is 0.831 bits per heavy atom. The van der Waals surface area contributed by atoms with E-state index in [4.69, 9.17) is 13.8 Å². The van der Waals surface area contributed by atoms with Gasteiger partial charge in [0.25, 0.3) is 0 Å². The van der Waals surface area contributed by atoms with Crippen LogP contribution in [-0.2, 0) is 27.9 Å². The molecule has 0 aliphatic rings. The van der Waals surface area contributed by atoms with Gasteiger partial charge in [0.05, 0.1) is 33.8 Å². The number of rotatable bonds is 54. The minimum Gasteiger partial charge on any atom is -0.456 e. The first-order chi connectivity index (χ1) is 37.4. The van der Waals surface area contributed by atoms with Gasteiger partial charge in [-0.1, -0.05) is 226 Å². The molecular weight excluding hydrogens is 976 g/mol. The van der Waals surface area contributed by atoms with Gasteiger partial charge in [-0.25, -0.2) is 4.57 Å². The van der Waals surface area contributed by atoms with Gasteiger partial charge in [0.15, 0.2) is 0 Å². The van der Waals surface area contributed by atoms with Crippen molar-refractivity contribution in [2.45, 2.75) is 251 Å². The van der Waals surface area contributed by atoms with E-state index in [1.54, 1.807) is 0 Å². The van der Waals surface area contributed by atoms with Gasteiger partial charge in [0.1, 0.15) is 19.3 Å². The van der Waals surface area contributed by atoms with Crippen LogP contribution in [0.1, 0.15) is 239 Å². The lowest BCUT2D eigenvalue weighted by Crippen LogP contribution is -2.47. The highest BCUT2D eigenvalue weighted by molar-refractivity contribution is 7.47. The number of hydrogen-bond donors (Lipinski definition) is 2. The Labute approximate surface area is 473 Å². The second kappa shape index (κ2) is 55.7. The average molecular weight is 1090 g/mol. The van der Waals surface area contributed by atoms with Crippen molar-refractivity contribution in [3.05, 3.63) is 122 Å². The smallest absolute Gasteiger partial charge is 0.456 e. The summed E-state index contributed by atoms with van der Waals surface area (Å²) >= 11 is 0. The number of phosphoric acid groups is 1. The number of quaternary nitrogens is 1. The zero-order chi connectivity index (χ0) is 56.4. The molecule has 0 aliphatic carbocycles. The molecule has 0 spiro atoms. The minimum absolute atomic E-state index is 0.0236. The first-order valence-electron chi connectivity index (χ1n) is 30.9. The number of esters is 1. The van der Waals surface area contributed by atoms with Crippen LogP contribution < -0.4 is 5.32 Å². The van der Waals surface area contributed by atoms with E-state index in [1.165, 1.54) is 70.6 Å². The van der Waals surface area contributed by atoms with Crippen LogP contribution in [0.2, 0.25) is 0 Å². The quantitative estimate of drug-likeness (QED) is 0.0205. The number of nitrogens with one attached hydrogen (secondary N) is 1. The third-order valence-corrected chi connectivity index (χ3v) is 13.9. The van der Waals surface area contributed by atoms with Crippen molar-refractivity contribution in [2.24, 2.45) is 0 Å². The molecule has 0 bridgehead atoms. The number of ether oxygens (including phenoxy) is 1. The van der Waals surface area contributed by atoms with Crippen molar-refractivity contribution in [2.75, 3.05) is 40.9 Å². The highest BCUT2D eigenvalue weighted by Crippen LogP contribution is 2.43. The summed E-state index contributed by atoms with van der Waals surface area (Å²) in [6.45, 7) is 6.81. The summed E-state index contributed by atoms with van der Waals surface area (Å²) in [4.78, 5) is 37.7. The molecule has 9 nitrogen and oxygen atoms in total. The average Bonchev–Trinajstić information content (AvgIpc) is 3.39. The van der Waals surface area contributed by atoms with Gasteiger partial charge in [-0.3, -0.25) is 18.6 Å². The third kappa shape index (κ3) is 56.9. The Kier molecular flexibility index (Phi) is 53.1. The van der Waals surface area contributed by atoms with Crippen LogP contribution in [0.4, 0.5) is 0 Å². The molecule has 3 atom stereocenters. The van der Waals surface area contributed by atoms with E-state index in [2.05, 4.69) is 135 Å². The Morgan fingerprint density at radius 1 is 0.468 bits per heavy atom. The number of nitrogens with zero attached hydrogens (tertiary/aromatic N) is 1. The third-order valence-electron chi connectivity index (χ3n) is 12.9. The van der Waals surface area contributed by atoms with Crippen LogP contribution in [0.3, 0.4) is 0 Å². The maximum absolute atomic E-state index is 13.5. The zero-order valence-electron chi connectivity index (χ0n) is 50.2. The topological polar surface area (TPSA) is 111 Å². The van der Waals surface area contributed by atoms with E-state index in [-0.39, 0.29) is 37.9 Å². The van der Waals surface area contributed by atoms with Gasteiger partial charge in [-0.15, -0.1) is 0 Å². The van der Waals surface area contributed by atoms with Gasteiger partial charge in [-0.2, -0.15) is 0 Å². The van der Waals surface area contributed by atoms with Crippen molar-refractivity contribution < 1.29 is 37.3 Å². The predicted octanol–water partition coefficient (Wildman–Crippen LogP) is 19.1. The fourth-order valence-corrected chi connectivity index (χ4v) is 8.86.